The summed E-state index contributed by atoms with van der Waals surface area (Å²) < 4.78 is 1.53. The van der Waals surface area contributed by atoms with Crippen molar-refractivity contribution < 1.29 is 0 Å². The first-order valence-electron chi connectivity index (χ1n) is 4.97. The van der Waals surface area contributed by atoms with Gasteiger partial charge in [-0.2, -0.15) is 0 Å². The predicted molar refractivity (Wildman–Crippen MR) is 63.4 cm³/mol. The second-order valence-electron chi connectivity index (χ2n) is 3.94. The Balaban J connectivity index is 2.83. The molecule has 0 heterocycles. The van der Waals surface area contributed by atoms with E-state index >= 15 is 0 Å². The van der Waals surface area contributed by atoms with Crippen LogP contribution in [0.4, 0.5) is 0 Å². The van der Waals surface area contributed by atoms with Crippen molar-refractivity contribution in [1.82, 2.24) is 0 Å². The first-order chi connectivity index (χ1) is 6.70. The van der Waals surface area contributed by atoms with Gasteiger partial charge < -0.3 is 0 Å². The van der Waals surface area contributed by atoms with E-state index in [2.05, 4.69) is 50.2 Å². The third kappa shape index (κ3) is 1.70. The molecule has 0 N–H and O–H groups in total. The van der Waals surface area contributed by atoms with Crippen LogP contribution in [0.2, 0.25) is 0 Å². The van der Waals surface area contributed by atoms with Crippen molar-refractivity contribution in [3.8, 4) is 0 Å². The summed E-state index contributed by atoms with van der Waals surface area (Å²) >= 11 is 1.21. The second-order valence-corrected chi connectivity index (χ2v) is 5.72. The molecule has 0 aliphatic rings. The zero-order valence-electron chi connectivity index (χ0n) is 8.62. The number of hydrogen-bond acceptors (Lipinski definition) is 0. The summed E-state index contributed by atoms with van der Waals surface area (Å²) in [5, 5.41) is 2.81. The van der Waals surface area contributed by atoms with Gasteiger partial charge in [0.15, 0.2) is 0 Å². The Morgan fingerprint density at radius 3 is 2.43 bits per heavy atom. The first kappa shape index (κ1) is 10.1. The first-order valence-corrected chi connectivity index (χ1v) is 6.62. The molecule has 0 saturated carbocycles. The number of benzene rings is 2. The molecule has 1 heteroatoms. The Labute approximate surface area is 99.9 Å². The van der Waals surface area contributed by atoms with Gasteiger partial charge in [0.2, 0.25) is 0 Å². The van der Waals surface area contributed by atoms with Crippen LogP contribution in [0.15, 0.2) is 36.4 Å². The second kappa shape index (κ2) is 3.98. The van der Waals surface area contributed by atoms with E-state index in [1.54, 1.807) is 5.56 Å². The van der Waals surface area contributed by atoms with Crippen LogP contribution in [0.25, 0.3) is 10.8 Å². The molecular formula is C13H13In. The fraction of sp³-hybridized carbons (Fsp3) is 0.231. The number of hydrogen-bond donors (Lipinski definition) is 0. The predicted octanol–water partition coefficient (Wildman–Crippen LogP) is 2.76. The monoisotopic (exact) mass is 284 g/mol. The molecule has 0 nitrogen and oxygen atoms in total. The fourth-order valence-corrected chi connectivity index (χ4v) is 3.63. The van der Waals surface area contributed by atoms with Crippen molar-refractivity contribution in [2.45, 2.75) is 19.8 Å². The molecule has 0 atom stereocenters. The average molecular weight is 284 g/mol. The third-order valence-corrected chi connectivity index (χ3v) is 4.02. The van der Waals surface area contributed by atoms with Crippen LogP contribution < -0.4 is 3.32 Å². The van der Waals surface area contributed by atoms with E-state index in [4.69, 9.17) is 0 Å². The zero-order valence-corrected chi connectivity index (χ0v) is 11.9. The third-order valence-electron chi connectivity index (χ3n) is 2.58. The maximum atomic E-state index is 2.28. The van der Waals surface area contributed by atoms with Gasteiger partial charge in [-0.05, 0) is 0 Å². The minimum absolute atomic E-state index is 0.631. The van der Waals surface area contributed by atoms with E-state index in [0.29, 0.717) is 5.92 Å². The quantitative estimate of drug-likeness (QED) is 0.755. The fourth-order valence-electron chi connectivity index (χ4n) is 1.96. The number of rotatable bonds is 1. The van der Waals surface area contributed by atoms with Crippen molar-refractivity contribution in [2.75, 3.05) is 0 Å². The van der Waals surface area contributed by atoms with Crippen molar-refractivity contribution in [3.05, 3.63) is 42.0 Å². The molecular weight excluding hydrogens is 271 g/mol. The molecule has 0 aliphatic heterocycles. The molecule has 0 aliphatic carbocycles. The van der Waals surface area contributed by atoms with Gasteiger partial charge in [-0.3, -0.25) is 0 Å². The molecule has 14 heavy (non-hydrogen) atoms. The van der Waals surface area contributed by atoms with Crippen LogP contribution in [0, 0.1) is 0 Å². The summed E-state index contributed by atoms with van der Waals surface area (Å²) in [5.41, 5.74) is 1.55. The Bertz CT molecular complexity index is 458. The summed E-state index contributed by atoms with van der Waals surface area (Å²) in [4.78, 5) is 0. The molecule has 0 spiro atoms. The van der Waals surface area contributed by atoms with Gasteiger partial charge in [-0.15, -0.1) is 0 Å². The van der Waals surface area contributed by atoms with Gasteiger partial charge in [0.25, 0.3) is 0 Å². The number of fused-ring (bicyclic) bond motifs is 1. The van der Waals surface area contributed by atoms with E-state index < -0.39 is 0 Å². The maximum absolute atomic E-state index is 2.28. The molecule has 0 unspecified atom stereocenters. The van der Waals surface area contributed by atoms with E-state index in [0.717, 1.165) is 0 Å². The molecule has 68 valence electrons. The van der Waals surface area contributed by atoms with Crippen molar-refractivity contribution >= 4 is 38.5 Å². The molecule has 2 aromatic carbocycles. The summed E-state index contributed by atoms with van der Waals surface area (Å²) in [5.74, 6) is 0.631. The molecule has 0 aromatic heterocycles. The van der Waals surface area contributed by atoms with Crippen molar-refractivity contribution in [1.29, 1.82) is 0 Å². The van der Waals surface area contributed by atoms with E-state index in [1.165, 1.54) is 38.5 Å². The topological polar surface area (TPSA) is 0 Å². The minimum atomic E-state index is 0.631. The summed E-state index contributed by atoms with van der Waals surface area (Å²) in [6.45, 7) is 4.56. The van der Waals surface area contributed by atoms with Crippen molar-refractivity contribution in [3.63, 3.8) is 0 Å². The van der Waals surface area contributed by atoms with Crippen LogP contribution >= 0.6 is 0 Å². The van der Waals surface area contributed by atoms with Gasteiger partial charge in [0.05, 0.1) is 0 Å². The molecule has 2 aromatic rings. The summed E-state index contributed by atoms with van der Waals surface area (Å²) in [6, 6.07) is 13.2. The van der Waals surface area contributed by atoms with Crippen LogP contribution in [-0.2, 0) is 0 Å². The summed E-state index contributed by atoms with van der Waals surface area (Å²) in [6.07, 6.45) is 0. The van der Waals surface area contributed by atoms with E-state index in [-0.39, 0.29) is 0 Å². The SMILES string of the molecule is CC(C)c1[c]([In])ccc2ccccc12. The Morgan fingerprint density at radius 1 is 1.00 bits per heavy atom. The Hall–Kier alpha value is -0.430. The Morgan fingerprint density at radius 2 is 1.71 bits per heavy atom. The normalized spacial score (nSPS) is 11.1. The summed E-state index contributed by atoms with van der Waals surface area (Å²) in [7, 11) is 0. The van der Waals surface area contributed by atoms with Crippen LogP contribution in [0.3, 0.4) is 0 Å². The molecule has 2 rings (SSSR count). The van der Waals surface area contributed by atoms with Gasteiger partial charge in [0, 0.05) is 0 Å². The van der Waals surface area contributed by atoms with E-state index in [1.807, 2.05) is 0 Å². The zero-order chi connectivity index (χ0) is 10.1. The molecule has 0 fully saturated rings. The Kier molecular flexibility index (Phi) is 2.87. The molecule has 0 bridgehead atoms. The van der Waals surface area contributed by atoms with Gasteiger partial charge in [0.1, 0.15) is 0 Å². The van der Waals surface area contributed by atoms with Crippen molar-refractivity contribution in [2.24, 2.45) is 0 Å². The van der Waals surface area contributed by atoms with Gasteiger partial charge in [-0.1, -0.05) is 0 Å². The van der Waals surface area contributed by atoms with Crippen LogP contribution in [-0.4, -0.2) is 24.4 Å². The standard InChI is InChI=1S/C13H13.In/c1-10(2)12-9-5-7-11-6-3-4-8-13(11)12;/h3-8,10H,1-2H3;. The van der Waals surface area contributed by atoms with E-state index in [9.17, 15) is 0 Å². The van der Waals surface area contributed by atoms with Crippen LogP contribution in [0.5, 0.6) is 0 Å². The molecule has 2 radical (unpaired) electrons. The molecule has 0 amide bonds. The van der Waals surface area contributed by atoms with Gasteiger partial charge >= 0.3 is 100 Å². The van der Waals surface area contributed by atoms with Gasteiger partial charge in [-0.25, -0.2) is 0 Å². The molecule has 0 saturated heterocycles. The average Bonchev–Trinajstić information content (AvgIpc) is 2.17. The van der Waals surface area contributed by atoms with Crippen LogP contribution in [0.1, 0.15) is 25.3 Å².